The van der Waals surface area contributed by atoms with Crippen molar-refractivity contribution in [2.24, 2.45) is 0 Å². The van der Waals surface area contributed by atoms with Crippen LogP contribution < -0.4 is 0 Å². The highest BCUT2D eigenvalue weighted by Gasteiger charge is 2.37. The van der Waals surface area contributed by atoms with Crippen LogP contribution in [0.3, 0.4) is 0 Å². The van der Waals surface area contributed by atoms with Gasteiger partial charge in [0.05, 0.1) is 22.4 Å². The standard InChI is InChI=1S/C49H33N3O/c1-49(2)38-19-11-9-17-36(38)46-39(49)25-26-43-47(46)37-18-10-12-20-42(37)52(43)33-22-24-35-34-23-21-32(27-44(34)53-45(35)28-33)41-29-40(30-13-5-3-6-14-30)50-48(51-41)31-15-7-4-8-16-31/h3-29H,1-2H3. The van der Waals surface area contributed by atoms with Crippen molar-refractivity contribution in [2.45, 2.75) is 19.3 Å². The van der Waals surface area contributed by atoms with Crippen molar-refractivity contribution in [1.82, 2.24) is 14.5 Å². The quantitative estimate of drug-likeness (QED) is 0.186. The Morgan fingerprint density at radius 1 is 0.491 bits per heavy atom. The molecule has 4 nitrogen and oxygen atoms in total. The first-order valence-electron chi connectivity index (χ1n) is 18.2. The molecular weight excluding hydrogens is 647 g/mol. The van der Waals surface area contributed by atoms with E-state index in [0.29, 0.717) is 5.82 Å². The van der Waals surface area contributed by atoms with Gasteiger partial charge in [-0.15, -0.1) is 0 Å². The van der Waals surface area contributed by atoms with Gasteiger partial charge in [0.15, 0.2) is 5.82 Å². The summed E-state index contributed by atoms with van der Waals surface area (Å²) in [6.07, 6.45) is 0. The molecule has 7 aromatic carbocycles. The van der Waals surface area contributed by atoms with Crippen LogP contribution in [-0.4, -0.2) is 14.5 Å². The number of fused-ring (bicyclic) bond motifs is 10. The lowest BCUT2D eigenvalue weighted by atomic mass is 9.82. The highest BCUT2D eigenvalue weighted by atomic mass is 16.3. The second-order valence-electron chi connectivity index (χ2n) is 14.6. The number of para-hydroxylation sites is 1. The van der Waals surface area contributed by atoms with E-state index in [2.05, 4.69) is 146 Å². The van der Waals surface area contributed by atoms with Gasteiger partial charge in [0, 0.05) is 55.4 Å². The second-order valence-corrected chi connectivity index (χ2v) is 14.6. The van der Waals surface area contributed by atoms with Crippen molar-refractivity contribution >= 4 is 43.7 Å². The third-order valence-corrected chi connectivity index (χ3v) is 11.2. The maximum atomic E-state index is 6.70. The Morgan fingerprint density at radius 3 is 1.96 bits per heavy atom. The van der Waals surface area contributed by atoms with Crippen LogP contribution in [0, 0.1) is 0 Å². The molecule has 0 radical (unpaired) electrons. The molecule has 1 aliphatic rings. The number of furan rings is 1. The SMILES string of the molecule is CC1(C)c2ccccc2-c2c1ccc1c2c2ccccc2n1-c1ccc2c(c1)oc1cc(-c3cc(-c4ccccc4)nc(-c4ccccc4)n3)ccc12. The summed E-state index contributed by atoms with van der Waals surface area (Å²) in [5, 5.41) is 4.73. The molecule has 3 aromatic heterocycles. The molecule has 0 saturated heterocycles. The zero-order valence-electron chi connectivity index (χ0n) is 29.3. The van der Waals surface area contributed by atoms with Crippen molar-refractivity contribution in [3.05, 3.63) is 175 Å². The first-order valence-corrected chi connectivity index (χ1v) is 18.2. The van der Waals surface area contributed by atoms with Gasteiger partial charge in [-0.3, -0.25) is 0 Å². The summed E-state index contributed by atoms with van der Waals surface area (Å²) >= 11 is 0. The summed E-state index contributed by atoms with van der Waals surface area (Å²) in [4.78, 5) is 10.0. The largest absolute Gasteiger partial charge is 0.456 e. The molecule has 53 heavy (non-hydrogen) atoms. The molecule has 0 unspecified atom stereocenters. The van der Waals surface area contributed by atoms with Crippen LogP contribution >= 0.6 is 0 Å². The average Bonchev–Trinajstić information content (AvgIpc) is 3.83. The number of nitrogens with zero attached hydrogens (tertiary/aromatic N) is 3. The molecule has 4 heteroatoms. The molecule has 10 aromatic rings. The van der Waals surface area contributed by atoms with E-state index in [9.17, 15) is 0 Å². The minimum absolute atomic E-state index is 0.0621. The fourth-order valence-electron chi connectivity index (χ4n) is 8.66. The topological polar surface area (TPSA) is 43.9 Å². The lowest BCUT2D eigenvalue weighted by molar-refractivity contribution is 0.661. The molecule has 0 fully saturated rings. The summed E-state index contributed by atoms with van der Waals surface area (Å²) < 4.78 is 9.10. The minimum atomic E-state index is -0.0621. The van der Waals surface area contributed by atoms with E-state index in [1.54, 1.807) is 0 Å². The number of hydrogen-bond donors (Lipinski definition) is 0. The predicted octanol–water partition coefficient (Wildman–Crippen LogP) is 12.8. The van der Waals surface area contributed by atoms with Gasteiger partial charge in [-0.1, -0.05) is 129 Å². The van der Waals surface area contributed by atoms with Crippen molar-refractivity contribution < 1.29 is 4.42 Å². The van der Waals surface area contributed by atoms with Crippen molar-refractivity contribution in [1.29, 1.82) is 0 Å². The Balaban J connectivity index is 1.07. The van der Waals surface area contributed by atoms with E-state index in [1.165, 1.54) is 44.1 Å². The molecule has 0 bridgehead atoms. The van der Waals surface area contributed by atoms with Gasteiger partial charge in [0.1, 0.15) is 11.2 Å². The molecule has 0 N–H and O–H groups in total. The average molecular weight is 680 g/mol. The zero-order valence-corrected chi connectivity index (χ0v) is 29.3. The maximum absolute atomic E-state index is 6.70. The first kappa shape index (κ1) is 29.9. The molecule has 0 amide bonds. The molecule has 11 rings (SSSR count). The van der Waals surface area contributed by atoms with Gasteiger partial charge in [0.25, 0.3) is 0 Å². The Labute approximate surface area is 306 Å². The van der Waals surface area contributed by atoms with Gasteiger partial charge in [-0.2, -0.15) is 0 Å². The first-order chi connectivity index (χ1) is 26.0. The Bertz CT molecular complexity index is 3020. The molecule has 0 atom stereocenters. The van der Waals surface area contributed by atoms with Gasteiger partial charge in [-0.25, -0.2) is 9.97 Å². The Kier molecular flexibility index (Phi) is 6.27. The van der Waals surface area contributed by atoms with Crippen LogP contribution in [-0.2, 0) is 5.41 Å². The molecule has 0 spiro atoms. The highest BCUT2D eigenvalue weighted by Crippen LogP contribution is 2.53. The number of aromatic nitrogens is 3. The lowest BCUT2D eigenvalue weighted by Gasteiger charge is -2.21. The fourth-order valence-corrected chi connectivity index (χ4v) is 8.66. The smallest absolute Gasteiger partial charge is 0.160 e. The number of benzene rings is 7. The molecular formula is C49H33N3O. The van der Waals surface area contributed by atoms with Crippen LogP contribution in [0.15, 0.2) is 168 Å². The summed E-state index contributed by atoms with van der Waals surface area (Å²) in [6, 6.07) is 57.9. The van der Waals surface area contributed by atoms with Crippen LogP contribution in [0.5, 0.6) is 0 Å². The minimum Gasteiger partial charge on any atom is -0.456 e. The zero-order chi connectivity index (χ0) is 35.3. The van der Waals surface area contributed by atoms with E-state index in [4.69, 9.17) is 14.4 Å². The highest BCUT2D eigenvalue weighted by molar-refractivity contribution is 6.18. The summed E-state index contributed by atoms with van der Waals surface area (Å²) in [5.74, 6) is 0.695. The predicted molar refractivity (Wildman–Crippen MR) is 218 cm³/mol. The van der Waals surface area contributed by atoms with E-state index in [0.717, 1.165) is 55.7 Å². The monoisotopic (exact) mass is 679 g/mol. The third-order valence-electron chi connectivity index (χ3n) is 11.2. The van der Waals surface area contributed by atoms with Gasteiger partial charge in [0.2, 0.25) is 0 Å². The number of hydrogen-bond acceptors (Lipinski definition) is 3. The van der Waals surface area contributed by atoms with Crippen molar-refractivity contribution in [3.63, 3.8) is 0 Å². The normalized spacial score (nSPS) is 13.2. The van der Waals surface area contributed by atoms with Gasteiger partial charge >= 0.3 is 0 Å². The lowest BCUT2D eigenvalue weighted by Crippen LogP contribution is -2.14. The van der Waals surface area contributed by atoms with E-state index in [-0.39, 0.29) is 5.41 Å². The van der Waals surface area contributed by atoms with Crippen molar-refractivity contribution in [3.8, 4) is 50.7 Å². The Hall–Kier alpha value is -6.78. The van der Waals surface area contributed by atoms with Crippen LogP contribution in [0.4, 0.5) is 0 Å². The fraction of sp³-hybridized carbons (Fsp3) is 0.0612. The summed E-state index contributed by atoms with van der Waals surface area (Å²) in [7, 11) is 0. The van der Waals surface area contributed by atoms with Crippen LogP contribution in [0.2, 0.25) is 0 Å². The van der Waals surface area contributed by atoms with E-state index in [1.807, 2.05) is 36.4 Å². The molecule has 3 heterocycles. The molecule has 250 valence electrons. The Morgan fingerprint density at radius 2 is 1.15 bits per heavy atom. The van der Waals surface area contributed by atoms with Crippen molar-refractivity contribution in [2.75, 3.05) is 0 Å². The van der Waals surface area contributed by atoms with Crippen LogP contribution in [0.25, 0.3) is 94.5 Å². The summed E-state index contributed by atoms with van der Waals surface area (Å²) in [5.41, 5.74) is 15.3. The summed E-state index contributed by atoms with van der Waals surface area (Å²) in [6.45, 7) is 4.69. The maximum Gasteiger partial charge on any atom is 0.160 e. The van der Waals surface area contributed by atoms with E-state index >= 15 is 0 Å². The van der Waals surface area contributed by atoms with Gasteiger partial charge in [-0.05, 0) is 64.7 Å². The molecule has 0 saturated carbocycles. The molecule has 0 aliphatic heterocycles. The molecule has 1 aliphatic carbocycles. The number of rotatable bonds is 4. The third kappa shape index (κ3) is 4.42. The van der Waals surface area contributed by atoms with Gasteiger partial charge < -0.3 is 8.98 Å². The second kappa shape index (κ2) is 11.1. The van der Waals surface area contributed by atoms with Crippen LogP contribution in [0.1, 0.15) is 25.0 Å². The van der Waals surface area contributed by atoms with E-state index < -0.39 is 0 Å².